The van der Waals surface area contributed by atoms with Crippen LogP contribution in [-0.4, -0.2) is 13.2 Å². The Hall–Kier alpha value is -1.02. The number of aryl methyl sites for hydroxylation is 1. The van der Waals surface area contributed by atoms with E-state index in [0.717, 1.165) is 31.7 Å². The molecule has 90 valence electrons. The van der Waals surface area contributed by atoms with Gasteiger partial charge in [0, 0.05) is 0 Å². The lowest BCUT2D eigenvalue weighted by Gasteiger charge is -2.12. The van der Waals surface area contributed by atoms with Crippen LogP contribution in [0.5, 0.6) is 5.75 Å². The quantitative estimate of drug-likeness (QED) is 0.748. The summed E-state index contributed by atoms with van der Waals surface area (Å²) in [5.41, 5.74) is 7.98. The van der Waals surface area contributed by atoms with Crippen molar-refractivity contribution in [2.24, 2.45) is 5.73 Å². The first kappa shape index (κ1) is 13.0. The third kappa shape index (κ3) is 3.86. The Morgan fingerprint density at radius 2 is 2.00 bits per heavy atom. The number of unbranched alkanes of at least 4 members (excludes halogenated alkanes) is 1. The molecule has 0 saturated carbocycles. The number of hydrogen-bond donors (Lipinski definition) is 1. The zero-order chi connectivity index (χ0) is 12.0. The molecule has 0 saturated heterocycles. The summed E-state index contributed by atoms with van der Waals surface area (Å²) in [6.07, 6.45) is 2.06. The highest BCUT2D eigenvalue weighted by Gasteiger charge is 2.04. The minimum Gasteiger partial charge on any atom is -0.493 e. The van der Waals surface area contributed by atoms with Crippen molar-refractivity contribution in [3.63, 3.8) is 0 Å². The fourth-order valence-corrected chi connectivity index (χ4v) is 1.56. The van der Waals surface area contributed by atoms with E-state index >= 15 is 0 Å². The maximum absolute atomic E-state index is 5.77. The largest absolute Gasteiger partial charge is 0.493 e. The molecule has 0 amide bonds. The molecule has 0 unspecified atom stereocenters. The van der Waals surface area contributed by atoms with Crippen molar-refractivity contribution in [2.75, 3.05) is 13.2 Å². The van der Waals surface area contributed by atoms with Crippen LogP contribution in [0.3, 0.4) is 0 Å². The van der Waals surface area contributed by atoms with E-state index in [4.69, 9.17) is 10.5 Å². The number of ether oxygens (including phenoxy) is 1. The summed E-state index contributed by atoms with van der Waals surface area (Å²) >= 11 is 0. The van der Waals surface area contributed by atoms with E-state index in [2.05, 4.69) is 39.0 Å². The molecule has 1 rings (SSSR count). The summed E-state index contributed by atoms with van der Waals surface area (Å²) in [4.78, 5) is 0. The average Bonchev–Trinajstić information content (AvgIpc) is 2.26. The molecule has 0 aliphatic heterocycles. The molecular weight excluding hydrogens is 198 g/mol. The van der Waals surface area contributed by atoms with Crippen LogP contribution >= 0.6 is 0 Å². The highest BCUT2D eigenvalue weighted by Crippen LogP contribution is 2.24. The average molecular weight is 221 g/mol. The van der Waals surface area contributed by atoms with Crippen LogP contribution in [0.1, 0.15) is 43.7 Å². The molecule has 2 nitrogen and oxygen atoms in total. The Kier molecular flexibility index (Phi) is 5.33. The first-order chi connectivity index (χ1) is 7.65. The van der Waals surface area contributed by atoms with Crippen molar-refractivity contribution >= 4 is 0 Å². The second kappa shape index (κ2) is 6.54. The van der Waals surface area contributed by atoms with Gasteiger partial charge in [-0.1, -0.05) is 26.0 Å². The maximum atomic E-state index is 5.77. The van der Waals surface area contributed by atoms with Crippen LogP contribution in [-0.2, 0) is 0 Å². The third-order valence-electron chi connectivity index (χ3n) is 2.73. The normalized spacial score (nSPS) is 10.8. The summed E-state index contributed by atoms with van der Waals surface area (Å²) in [5, 5.41) is 0. The highest BCUT2D eigenvalue weighted by atomic mass is 16.5. The van der Waals surface area contributed by atoms with Gasteiger partial charge in [0.05, 0.1) is 6.61 Å². The first-order valence-electron chi connectivity index (χ1n) is 6.08. The van der Waals surface area contributed by atoms with Crippen molar-refractivity contribution in [1.29, 1.82) is 0 Å². The van der Waals surface area contributed by atoms with Gasteiger partial charge in [0.1, 0.15) is 5.75 Å². The highest BCUT2D eigenvalue weighted by molar-refractivity contribution is 5.37. The van der Waals surface area contributed by atoms with E-state index in [-0.39, 0.29) is 0 Å². The molecule has 0 heterocycles. The van der Waals surface area contributed by atoms with E-state index in [9.17, 15) is 0 Å². The van der Waals surface area contributed by atoms with Gasteiger partial charge in [0.2, 0.25) is 0 Å². The molecular formula is C14H23NO. The van der Waals surface area contributed by atoms with E-state index in [1.54, 1.807) is 0 Å². The summed E-state index contributed by atoms with van der Waals surface area (Å²) < 4.78 is 5.77. The van der Waals surface area contributed by atoms with Gasteiger partial charge in [-0.15, -0.1) is 0 Å². The Labute approximate surface area is 98.8 Å². The molecule has 0 aliphatic carbocycles. The van der Waals surface area contributed by atoms with E-state index in [1.165, 1.54) is 11.1 Å². The predicted octanol–water partition coefficient (Wildman–Crippen LogP) is 3.24. The molecule has 0 aromatic heterocycles. The standard InChI is InChI=1S/C14H23NO/c1-11(2)13-7-6-12(3)14(10-13)16-9-5-4-8-15/h6-7,10-11H,4-5,8-9,15H2,1-3H3. The van der Waals surface area contributed by atoms with Gasteiger partial charge in [-0.25, -0.2) is 0 Å². The Morgan fingerprint density at radius 1 is 1.25 bits per heavy atom. The monoisotopic (exact) mass is 221 g/mol. The third-order valence-corrected chi connectivity index (χ3v) is 2.73. The fraction of sp³-hybridized carbons (Fsp3) is 0.571. The van der Waals surface area contributed by atoms with Gasteiger partial charge >= 0.3 is 0 Å². The van der Waals surface area contributed by atoms with Gasteiger partial charge in [-0.05, 0) is 49.4 Å². The molecule has 2 N–H and O–H groups in total. The number of hydrogen-bond acceptors (Lipinski definition) is 2. The molecule has 0 bridgehead atoms. The summed E-state index contributed by atoms with van der Waals surface area (Å²) in [5.74, 6) is 1.57. The minimum atomic E-state index is 0.548. The van der Waals surface area contributed by atoms with Crippen molar-refractivity contribution in [3.8, 4) is 5.75 Å². The molecule has 0 atom stereocenters. The minimum absolute atomic E-state index is 0.548. The van der Waals surface area contributed by atoms with Gasteiger partial charge in [0.15, 0.2) is 0 Å². The zero-order valence-electron chi connectivity index (χ0n) is 10.6. The summed E-state index contributed by atoms with van der Waals surface area (Å²) in [7, 11) is 0. The molecule has 0 spiro atoms. The second-order valence-electron chi connectivity index (χ2n) is 4.52. The van der Waals surface area contributed by atoms with Crippen LogP contribution in [0.2, 0.25) is 0 Å². The zero-order valence-corrected chi connectivity index (χ0v) is 10.6. The van der Waals surface area contributed by atoms with Gasteiger partial charge in [-0.3, -0.25) is 0 Å². The van der Waals surface area contributed by atoms with Crippen LogP contribution in [0.4, 0.5) is 0 Å². The Morgan fingerprint density at radius 3 is 2.62 bits per heavy atom. The van der Waals surface area contributed by atoms with Crippen LogP contribution in [0.15, 0.2) is 18.2 Å². The van der Waals surface area contributed by atoms with Crippen molar-refractivity contribution < 1.29 is 4.74 Å². The fourth-order valence-electron chi connectivity index (χ4n) is 1.56. The first-order valence-corrected chi connectivity index (χ1v) is 6.08. The lowest BCUT2D eigenvalue weighted by molar-refractivity contribution is 0.305. The smallest absolute Gasteiger partial charge is 0.122 e. The summed E-state index contributed by atoms with van der Waals surface area (Å²) in [6, 6.07) is 6.46. The SMILES string of the molecule is Cc1ccc(C(C)C)cc1OCCCCN. The number of nitrogens with two attached hydrogens (primary N) is 1. The van der Waals surface area contributed by atoms with E-state index in [0.29, 0.717) is 5.92 Å². The molecule has 16 heavy (non-hydrogen) atoms. The lowest BCUT2D eigenvalue weighted by Crippen LogP contribution is -2.04. The van der Waals surface area contributed by atoms with Crippen LogP contribution < -0.4 is 10.5 Å². The number of rotatable bonds is 6. The molecule has 0 fully saturated rings. The second-order valence-corrected chi connectivity index (χ2v) is 4.52. The number of benzene rings is 1. The van der Waals surface area contributed by atoms with Crippen molar-refractivity contribution in [2.45, 2.75) is 39.5 Å². The molecule has 0 radical (unpaired) electrons. The molecule has 1 aromatic carbocycles. The topological polar surface area (TPSA) is 35.2 Å². The van der Waals surface area contributed by atoms with E-state index in [1.807, 2.05) is 0 Å². The van der Waals surface area contributed by atoms with Crippen molar-refractivity contribution in [1.82, 2.24) is 0 Å². The Bertz CT molecular complexity index is 321. The molecule has 2 heteroatoms. The van der Waals surface area contributed by atoms with Gasteiger partial charge in [-0.2, -0.15) is 0 Å². The summed E-state index contributed by atoms with van der Waals surface area (Å²) in [6.45, 7) is 7.99. The van der Waals surface area contributed by atoms with Crippen molar-refractivity contribution in [3.05, 3.63) is 29.3 Å². The van der Waals surface area contributed by atoms with Gasteiger partial charge < -0.3 is 10.5 Å². The van der Waals surface area contributed by atoms with Gasteiger partial charge in [0.25, 0.3) is 0 Å². The molecule has 0 aliphatic rings. The van der Waals surface area contributed by atoms with Crippen LogP contribution in [0.25, 0.3) is 0 Å². The lowest BCUT2D eigenvalue weighted by atomic mass is 10.0. The van der Waals surface area contributed by atoms with Crippen LogP contribution in [0, 0.1) is 6.92 Å². The molecule has 1 aromatic rings. The predicted molar refractivity (Wildman–Crippen MR) is 69.1 cm³/mol. The Balaban J connectivity index is 2.60. The maximum Gasteiger partial charge on any atom is 0.122 e. The van der Waals surface area contributed by atoms with E-state index < -0.39 is 0 Å².